The number of hydrogen-bond acceptors (Lipinski definition) is 3. The lowest BCUT2D eigenvalue weighted by Gasteiger charge is -2.23. The van der Waals surface area contributed by atoms with E-state index in [2.05, 4.69) is 0 Å². The number of nitrogens with zero attached hydrogens (tertiary/aromatic N) is 1. The zero-order chi connectivity index (χ0) is 20.6. The van der Waals surface area contributed by atoms with E-state index in [0.717, 1.165) is 11.1 Å². The van der Waals surface area contributed by atoms with Gasteiger partial charge in [0.25, 0.3) is 5.91 Å². The Balaban J connectivity index is 1.71. The van der Waals surface area contributed by atoms with Gasteiger partial charge in [-0.15, -0.1) is 0 Å². The van der Waals surface area contributed by atoms with Gasteiger partial charge >= 0.3 is 0 Å². The van der Waals surface area contributed by atoms with Crippen LogP contribution in [0.1, 0.15) is 33.5 Å². The van der Waals surface area contributed by atoms with Crippen molar-refractivity contribution < 1.29 is 14.7 Å². The first kappa shape index (κ1) is 19.4. The van der Waals surface area contributed by atoms with Gasteiger partial charge < -0.3 is 10.0 Å². The number of benzene rings is 3. The topological polar surface area (TPSA) is 57.6 Å². The first-order valence-corrected chi connectivity index (χ1v) is 9.74. The summed E-state index contributed by atoms with van der Waals surface area (Å²) in [6.07, 6.45) is -0.340. The van der Waals surface area contributed by atoms with E-state index in [9.17, 15) is 14.7 Å². The van der Waals surface area contributed by atoms with Crippen LogP contribution in [0.3, 0.4) is 0 Å². The highest BCUT2D eigenvalue weighted by atomic mass is 35.5. The molecule has 0 bridgehead atoms. The maximum atomic E-state index is 13.3. The number of aliphatic hydroxyl groups is 1. The minimum Gasteiger partial charge on any atom is -0.375 e. The van der Waals surface area contributed by atoms with Crippen molar-refractivity contribution in [1.29, 1.82) is 0 Å². The van der Waals surface area contributed by atoms with Crippen molar-refractivity contribution in [1.82, 2.24) is 0 Å². The molecule has 3 aromatic rings. The molecule has 5 heteroatoms. The van der Waals surface area contributed by atoms with Crippen molar-refractivity contribution in [3.63, 3.8) is 0 Å². The van der Waals surface area contributed by atoms with Crippen LogP contribution in [0.2, 0.25) is 5.02 Å². The van der Waals surface area contributed by atoms with E-state index in [0.29, 0.717) is 28.4 Å². The second-order valence-electron chi connectivity index (χ2n) is 7.36. The predicted molar refractivity (Wildman–Crippen MR) is 113 cm³/mol. The van der Waals surface area contributed by atoms with Crippen LogP contribution in [0, 0.1) is 6.92 Å². The van der Waals surface area contributed by atoms with Crippen molar-refractivity contribution in [2.24, 2.45) is 0 Å². The van der Waals surface area contributed by atoms with Gasteiger partial charge in [-0.3, -0.25) is 9.59 Å². The van der Waals surface area contributed by atoms with Crippen LogP contribution >= 0.6 is 11.6 Å². The summed E-state index contributed by atoms with van der Waals surface area (Å²) in [5.74, 6) is -0.816. The molecule has 0 aromatic heterocycles. The van der Waals surface area contributed by atoms with Crippen LogP contribution in [0.4, 0.5) is 5.69 Å². The number of halogens is 1. The number of amides is 1. The summed E-state index contributed by atoms with van der Waals surface area (Å²) < 4.78 is 0. The van der Waals surface area contributed by atoms with Crippen molar-refractivity contribution in [3.8, 4) is 0 Å². The highest BCUT2D eigenvalue weighted by Gasteiger charge is 2.51. The summed E-state index contributed by atoms with van der Waals surface area (Å²) in [5.41, 5.74) is 1.50. The lowest BCUT2D eigenvalue weighted by molar-refractivity contribution is -0.136. The molecular weight excluding hydrogens is 386 g/mol. The molecule has 1 aliphatic heterocycles. The second kappa shape index (κ2) is 7.47. The molecule has 4 nitrogen and oxygen atoms in total. The van der Waals surface area contributed by atoms with Gasteiger partial charge in [0.05, 0.1) is 18.7 Å². The molecule has 3 aromatic carbocycles. The molecule has 0 saturated heterocycles. The van der Waals surface area contributed by atoms with E-state index in [4.69, 9.17) is 11.6 Å². The summed E-state index contributed by atoms with van der Waals surface area (Å²) in [6.45, 7) is 2.30. The van der Waals surface area contributed by atoms with Crippen LogP contribution in [0.15, 0.2) is 72.8 Å². The molecule has 0 unspecified atom stereocenters. The van der Waals surface area contributed by atoms with Crippen molar-refractivity contribution >= 4 is 29.0 Å². The SMILES string of the molecule is Cc1ccc(CN2C(=O)[C@@](O)(CC(=O)c3ccccc3)c3cc(Cl)ccc32)cc1. The van der Waals surface area contributed by atoms with Gasteiger partial charge in [0.1, 0.15) is 0 Å². The molecule has 1 N–H and O–H groups in total. The van der Waals surface area contributed by atoms with E-state index in [1.165, 1.54) is 4.90 Å². The van der Waals surface area contributed by atoms with E-state index >= 15 is 0 Å². The van der Waals surface area contributed by atoms with E-state index in [1.54, 1.807) is 42.5 Å². The molecule has 1 atom stereocenters. The van der Waals surface area contributed by atoms with Gasteiger partial charge in [-0.05, 0) is 30.7 Å². The Labute approximate surface area is 174 Å². The average molecular weight is 406 g/mol. The molecule has 146 valence electrons. The molecular formula is C24H20ClNO3. The molecule has 0 spiro atoms. The maximum absolute atomic E-state index is 13.3. The lowest BCUT2D eigenvalue weighted by Crippen LogP contribution is -2.41. The smallest absolute Gasteiger partial charge is 0.264 e. The largest absolute Gasteiger partial charge is 0.375 e. The number of aryl methyl sites for hydroxylation is 1. The summed E-state index contributed by atoms with van der Waals surface area (Å²) in [6, 6.07) is 21.5. The third-order valence-electron chi connectivity index (χ3n) is 5.27. The molecule has 0 saturated carbocycles. The summed E-state index contributed by atoms with van der Waals surface area (Å²) in [4.78, 5) is 27.6. The number of ketones is 1. The van der Waals surface area contributed by atoms with E-state index in [1.807, 2.05) is 37.3 Å². The predicted octanol–water partition coefficient (Wildman–Crippen LogP) is 4.66. The van der Waals surface area contributed by atoms with Crippen molar-refractivity contribution in [3.05, 3.63) is 100 Å². The molecule has 0 fully saturated rings. The third kappa shape index (κ3) is 3.57. The van der Waals surface area contributed by atoms with Gasteiger partial charge in [-0.2, -0.15) is 0 Å². The summed E-state index contributed by atoms with van der Waals surface area (Å²) in [7, 11) is 0. The Morgan fingerprint density at radius 3 is 2.41 bits per heavy atom. The fourth-order valence-corrected chi connectivity index (χ4v) is 3.86. The van der Waals surface area contributed by atoms with E-state index in [-0.39, 0.29) is 12.2 Å². The molecule has 4 rings (SSSR count). The van der Waals surface area contributed by atoms with Crippen LogP contribution < -0.4 is 4.90 Å². The first-order chi connectivity index (χ1) is 13.9. The van der Waals surface area contributed by atoms with Gasteiger partial charge in [-0.25, -0.2) is 0 Å². The van der Waals surface area contributed by atoms with Crippen LogP contribution in [-0.2, 0) is 16.9 Å². The Hall–Kier alpha value is -2.95. The summed E-state index contributed by atoms with van der Waals surface area (Å²) in [5, 5.41) is 11.8. The highest BCUT2D eigenvalue weighted by Crippen LogP contribution is 2.44. The van der Waals surface area contributed by atoms with Gasteiger partial charge in [0, 0.05) is 16.1 Å². The molecule has 1 heterocycles. The number of hydrogen-bond donors (Lipinski definition) is 1. The molecule has 1 aliphatic rings. The number of fused-ring (bicyclic) bond motifs is 1. The zero-order valence-electron chi connectivity index (χ0n) is 15.9. The third-order valence-corrected chi connectivity index (χ3v) is 5.50. The van der Waals surface area contributed by atoms with Gasteiger partial charge in [0.15, 0.2) is 11.4 Å². The normalized spacial score (nSPS) is 18.0. The minimum absolute atomic E-state index is 0.301. The molecule has 0 aliphatic carbocycles. The number of Topliss-reactive ketones (excluding diaryl/α,β-unsaturated/α-hetero) is 1. The standard InChI is InChI=1S/C24H20ClNO3/c1-16-7-9-17(10-8-16)15-26-21-12-11-19(25)13-20(21)24(29,23(26)28)14-22(27)18-5-3-2-4-6-18/h2-13,29H,14-15H2,1H3/t24-/m1/s1. The number of anilines is 1. The van der Waals surface area contributed by atoms with Crippen molar-refractivity contribution in [2.75, 3.05) is 4.90 Å². The van der Waals surface area contributed by atoms with Crippen LogP contribution in [0.5, 0.6) is 0 Å². The Morgan fingerprint density at radius 1 is 1.03 bits per heavy atom. The van der Waals surface area contributed by atoms with E-state index < -0.39 is 11.5 Å². The van der Waals surface area contributed by atoms with Crippen LogP contribution in [0.25, 0.3) is 0 Å². The number of carbonyl (C=O) groups is 2. The summed E-state index contributed by atoms with van der Waals surface area (Å²) >= 11 is 6.15. The van der Waals surface area contributed by atoms with Crippen LogP contribution in [-0.4, -0.2) is 16.8 Å². The number of carbonyl (C=O) groups excluding carboxylic acids is 2. The first-order valence-electron chi connectivity index (χ1n) is 9.37. The molecule has 0 radical (unpaired) electrons. The average Bonchev–Trinajstić information content (AvgIpc) is 2.92. The Kier molecular flexibility index (Phi) is 4.99. The quantitative estimate of drug-likeness (QED) is 0.628. The Bertz CT molecular complexity index is 1080. The second-order valence-corrected chi connectivity index (χ2v) is 7.80. The molecule has 1 amide bonds. The molecule has 29 heavy (non-hydrogen) atoms. The van der Waals surface area contributed by atoms with Crippen molar-refractivity contribution in [2.45, 2.75) is 25.5 Å². The fourth-order valence-electron chi connectivity index (χ4n) is 3.69. The maximum Gasteiger partial charge on any atom is 0.264 e. The number of rotatable bonds is 5. The fraction of sp³-hybridized carbons (Fsp3) is 0.167. The zero-order valence-corrected chi connectivity index (χ0v) is 16.7. The minimum atomic E-state index is -1.95. The highest BCUT2D eigenvalue weighted by molar-refractivity contribution is 6.31. The monoisotopic (exact) mass is 405 g/mol. The lowest BCUT2D eigenvalue weighted by atomic mass is 9.88. The Morgan fingerprint density at radius 2 is 1.72 bits per heavy atom. The van der Waals surface area contributed by atoms with Gasteiger partial charge in [0.2, 0.25) is 0 Å². The van der Waals surface area contributed by atoms with Gasteiger partial charge in [-0.1, -0.05) is 71.8 Å².